The van der Waals surface area contributed by atoms with Crippen LogP contribution in [0.15, 0.2) is 48.6 Å². The van der Waals surface area contributed by atoms with E-state index in [1.807, 2.05) is 36.4 Å². The van der Waals surface area contributed by atoms with Crippen LogP contribution < -0.4 is 0 Å². The summed E-state index contributed by atoms with van der Waals surface area (Å²) in [6, 6.07) is 9.99. The van der Waals surface area contributed by atoms with Crippen molar-refractivity contribution in [3.05, 3.63) is 54.1 Å². The Morgan fingerprint density at radius 3 is 2.36 bits per heavy atom. The van der Waals surface area contributed by atoms with Gasteiger partial charge in [0.05, 0.1) is 12.7 Å². The third-order valence-corrected chi connectivity index (χ3v) is 14.9. The third kappa shape index (κ3) is 4.33. The van der Waals surface area contributed by atoms with Crippen molar-refractivity contribution in [2.24, 2.45) is 56.7 Å². The number of allylic oxidation sites excluding steroid dienone is 1. The number of aliphatic hydroxyl groups is 1. The minimum absolute atomic E-state index is 0.0108. The summed E-state index contributed by atoms with van der Waals surface area (Å²) in [5, 5.41) is 11.0. The molecule has 5 aliphatic rings. The van der Waals surface area contributed by atoms with Crippen molar-refractivity contribution < 1.29 is 14.6 Å². The van der Waals surface area contributed by atoms with Crippen LogP contribution in [0.1, 0.15) is 111 Å². The first-order valence-corrected chi connectivity index (χ1v) is 17.0. The minimum atomic E-state index is -0.219. The van der Waals surface area contributed by atoms with Crippen LogP contribution >= 0.6 is 0 Å². The molecule has 0 unspecified atom stereocenters. The first-order valence-electron chi connectivity index (χ1n) is 17.0. The summed E-state index contributed by atoms with van der Waals surface area (Å²) in [6.07, 6.45) is 15.2. The fraction of sp³-hybridized carbons (Fsp3) is 0.718. The summed E-state index contributed by atoms with van der Waals surface area (Å²) in [7, 11) is 0. The lowest BCUT2D eigenvalue weighted by atomic mass is 9.32. The second-order valence-electron chi connectivity index (χ2n) is 16.8. The topological polar surface area (TPSA) is 46.5 Å². The highest BCUT2D eigenvalue weighted by atomic mass is 16.5. The molecule has 0 aliphatic heterocycles. The van der Waals surface area contributed by atoms with Crippen molar-refractivity contribution in [3.8, 4) is 0 Å². The van der Waals surface area contributed by atoms with Crippen molar-refractivity contribution in [3.63, 3.8) is 0 Å². The number of fused-ring (bicyclic) bond motifs is 7. The van der Waals surface area contributed by atoms with Crippen LogP contribution in [0.4, 0.5) is 0 Å². The van der Waals surface area contributed by atoms with E-state index in [-0.39, 0.29) is 28.3 Å². The fourth-order valence-electron chi connectivity index (χ4n) is 12.5. The summed E-state index contributed by atoms with van der Waals surface area (Å²) < 4.78 is 6.12. The molecule has 10 atom stereocenters. The molecular weight excluding hydrogens is 516 g/mol. The van der Waals surface area contributed by atoms with Gasteiger partial charge in [0.25, 0.3) is 0 Å². The van der Waals surface area contributed by atoms with Gasteiger partial charge >= 0.3 is 5.97 Å². The lowest BCUT2D eigenvalue weighted by molar-refractivity contribution is -0.249. The number of hydrogen-bond donors (Lipinski definition) is 1. The molecule has 5 saturated carbocycles. The molecule has 5 fully saturated rings. The molecule has 42 heavy (non-hydrogen) atoms. The molecule has 230 valence electrons. The van der Waals surface area contributed by atoms with Crippen LogP contribution in [0.2, 0.25) is 0 Å². The maximum absolute atomic E-state index is 12.9. The Morgan fingerprint density at radius 2 is 1.64 bits per heavy atom. The van der Waals surface area contributed by atoms with Gasteiger partial charge in [-0.3, -0.25) is 0 Å². The number of benzene rings is 1. The monoisotopic (exact) mass is 572 g/mol. The summed E-state index contributed by atoms with van der Waals surface area (Å²) in [4.78, 5) is 12.9. The lowest BCUT2D eigenvalue weighted by Gasteiger charge is -2.73. The van der Waals surface area contributed by atoms with E-state index in [0.717, 1.165) is 31.2 Å². The van der Waals surface area contributed by atoms with Gasteiger partial charge in [0.1, 0.15) is 0 Å². The van der Waals surface area contributed by atoms with Gasteiger partial charge in [0.2, 0.25) is 0 Å². The zero-order valence-electron chi connectivity index (χ0n) is 27.3. The Labute approximate surface area is 255 Å². The first-order chi connectivity index (χ1) is 19.8. The normalized spacial score (nSPS) is 45.8. The van der Waals surface area contributed by atoms with Crippen LogP contribution in [-0.4, -0.2) is 23.8 Å². The highest BCUT2D eigenvalue weighted by molar-refractivity contribution is 5.87. The van der Waals surface area contributed by atoms with E-state index in [1.165, 1.54) is 44.1 Å². The van der Waals surface area contributed by atoms with Crippen molar-refractivity contribution >= 4 is 12.0 Å². The molecule has 0 heterocycles. The number of ether oxygens (including phenoxy) is 1. The number of rotatable bonds is 5. The molecule has 3 heteroatoms. The van der Waals surface area contributed by atoms with E-state index >= 15 is 0 Å². The molecular formula is C39H56O3. The molecule has 0 bridgehead atoms. The number of esters is 1. The SMILES string of the molecule is C=C(C)[C@H]1CC[C@@]2(COC(=O)C=Cc3ccccc3)CC[C@]3(C)[C@H](CC[C@H]4[C@]5(C)CC[C@H](O)C(C)(C)[C@@H]5CC[C@]43C)[C@H]12. The van der Waals surface area contributed by atoms with Crippen LogP contribution in [0.5, 0.6) is 0 Å². The molecule has 0 spiro atoms. The highest BCUT2D eigenvalue weighted by Crippen LogP contribution is 2.77. The maximum Gasteiger partial charge on any atom is 0.330 e. The number of hydrogen-bond acceptors (Lipinski definition) is 3. The summed E-state index contributed by atoms with van der Waals surface area (Å²) >= 11 is 0. The van der Waals surface area contributed by atoms with Gasteiger partial charge in [-0.25, -0.2) is 4.79 Å². The largest absolute Gasteiger partial charge is 0.462 e. The average molecular weight is 573 g/mol. The summed E-state index contributed by atoms with van der Waals surface area (Å²) in [5.41, 5.74) is 3.26. The maximum atomic E-state index is 12.9. The first kappa shape index (κ1) is 30.2. The smallest absolute Gasteiger partial charge is 0.330 e. The Balaban J connectivity index is 1.27. The van der Waals surface area contributed by atoms with Crippen LogP contribution in [0.3, 0.4) is 0 Å². The van der Waals surface area contributed by atoms with Crippen molar-refractivity contribution in [2.75, 3.05) is 6.61 Å². The van der Waals surface area contributed by atoms with Gasteiger partial charge in [0, 0.05) is 11.5 Å². The number of carbonyl (C=O) groups is 1. The van der Waals surface area contributed by atoms with Gasteiger partial charge in [-0.05, 0) is 134 Å². The predicted molar refractivity (Wildman–Crippen MR) is 171 cm³/mol. The molecule has 0 amide bonds. The molecule has 3 nitrogen and oxygen atoms in total. The standard InChI is InChI=1S/C39H56O3/c1-26(2)28-17-22-39(25-42-33(41)16-13-27-11-9-8-10-12-27)24-23-37(6)29(34(28)39)14-15-31-36(5)20-19-32(40)35(3,4)30(36)18-21-38(31,37)7/h8-13,16,28-32,34,40H,1,14-15,17-25H2,2-7H3/t28-,29-,30+,31+,32+,34+,36-,37-,38-,39+/m1/s1. The molecule has 1 aromatic rings. The van der Waals surface area contributed by atoms with Crippen molar-refractivity contribution in [1.82, 2.24) is 0 Å². The Morgan fingerprint density at radius 1 is 0.905 bits per heavy atom. The Kier molecular flexibility index (Phi) is 7.44. The molecule has 6 rings (SSSR count). The molecule has 0 saturated heterocycles. The van der Waals surface area contributed by atoms with E-state index in [0.29, 0.717) is 47.0 Å². The van der Waals surface area contributed by atoms with E-state index < -0.39 is 0 Å². The molecule has 5 aliphatic carbocycles. The van der Waals surface area contributed by atoms with Crippen LogP contribution in [-0.2, 0) is 9.53 Å². The van der Waals surface area contributed by atoms with Gasteiger partial charge in [-0.15, -0.1) is 0 Å². The summed E-state index contributed by atoms with van der Waals surface area (Å²) in [5.74, 6) is 2.76. The van der Waals surface area contributed by atoms with Crippen LogP contribution in [0.25, 0.3) is 6.08 Å². The number of carbonyl (C=O) groups excluding carboxylic acids is 1. The van der Waals surface area contributed by atoms with E-state index in [2.05, 4.69) is 48.1 Å². The minimum Gasteiger partial charge on any atom is -0.462 e. The quantitative estimate of drug-likeness (QED) is 0.217. The van der Waals surface area contributed by atoms with Crippen LogP contribution in [0, 0.1) is 56.7 Å². The molecule has 1 aromatic carbocycles. The summed E-state index contributed by atoms with van der Waals surface area (Å²) in [6.45, 7) is 20.0. The molecule has 1 N–H and O–H groups in total. The zero-order chi connectivity index (χ0) is 30.1. The van der Waals surface area contributed by atoms with Gasteiger partial charge < -0.3 is 9.84 Å². The molecule has 0 radical (unpaired) electrons. The van der Waals surface area contributed by atoms with Crippen molar-refractivity contribution in [2.45, 2.75) is 112 Å². The zero-order valence-corrected chi connectivity index (χ0v) is 27.3. The predicted octanol–water partition coefficient (Wildman–Crippen LogP) is 9.26. The van der Waals surface area contributed by atoms with E-state index in [4.69, 9.17) is 4.74 Å². The molecule has 0 aromatic heterocycles. The van der Waals surface area contributed by atoms with Crippen molar-refractivity contribution in [1.29, 1.82) is 0 Å². The van der Waals surface area contributed by atoms with E-state index in [1.54, 1.807) is 6.08 Å². The lowest BCUT2D eigenvalue weighted by Crippen LogP contribution is -2.66. The fourth-order valence-corrected chi connectivity index (χ4v) is 12.5. The third-order valence-electron chi connectivity index (χ3n) is 14.9. The Bertz CT molecular complexity index is 1230. The van der Waals surface area contributed by atoms with Gasteiger partial charge in [0.15, 0.2) is 0 Å². The van der Waals surface area contributed by atoms with Gasteiger partial charge in [-0.2, -0.15) is 0 Å². The van der Waals surface area contributed by atoms with Gasteiger partial charge in [-0.1, -0.05) is 77.1 Å². The second-order valence-corrected chi connectivity index (χ2v) is 16.8. The highest BCUT2D eigenvalue weighted by Gasteiger charge is 2.70. The average Bonchev–Trinajstić information content (AvgIpc) is 3.34. The van der Waals surface area contributed by atoms with E-state index in [9.17, 15) is 9.90 Å². The number of aliphatic hydroxyl groups excluding tert-OH is 1. The second kappa shape index (κ2) is 10.4. The Hall–Kier alpha value is -1.87.